The van der Waals surface area contributed by atoms with E-state index in [4.69, 9.17) is 28.4 Å². The Morgan fingerprint density at radius 2 is 0.812 bits per heavy atom. The van der Waals surface area contributed by atoms with Crippen LogP contribution in [0.2, 0.25) is 0 Å². The van der Waals surface area contributed by atoms with Crippen LogP contribution in [0.3, 0.4) is 0 Å². The molecule has 3 aromatic carbocycles. The lowest BCUT2D eigenvalue weighted by molar-refractivity contribution is 0.323. The van der Waals surface area contributed by atoms with Crippen LogP contribution < -0.4 is 39.3 Å². The van der Waals surface area contributed by atoms with Crippen LogP contribution in [-0.4, -0.2) is 51.8 Å². The van der Waals surface area contributed by atoms with Gasteiger partial charge < -0.3 is 37.6 Å². The molecule has 2 aliphatic rings. The van der Waals surface area contributed by atoms with Gasteiger partial charge in [-0.3, -0.25) is 9.59 Å². The van der Waals surface area contributed by atoms with Crippen LogP contribution in [0, 0.1) is 0 Å². The number of nitrogens with zero attached hydrogens (tertiary/aromatic N) is 2. The van der Waals surface area contributed by atoms with Crippen molar-refractivity contribution >= 4 is 43.6 Å². The molecule has 0 radical (unpaired) electrons. The molecule has 10 heteroatoms. The molecule has 0 unspecified atom stereocenters. The van der Waals surface area contributed by atoms with E-state index in [-0.39, 0.29) is 22.9 Å². The Hall–Kier alpha value is -4.60. The lowest BCUT2D eigenvalue weighted by atomic mass is 9.92. The third-order valence-electron chi connectivity index (χ3n) is 10.6. The highest BCUT2D eigenvalue weighted by Crippen LogP contribution is 2.48. The summed E-state index contributed by atoms with van der Waals surface area (Å²) in [6, 6.07) is 7.58. The normalized spacial score (nSPS) is 16.1. The molecular formula is C38H44N2O8. The Bertz CT molecular complexity index is 2020. The maximum atomic E-state index is 14.7. The van der Waals surface area contributed by atoms with Gasteiger partial charge in [0.05, 0.1) is 75.5 Å². The van der Waals surface area contributed by atoms with Gasteiger partial charge in [0.2, 0.25) is 11.5 Å². The van der Waals surface area contributed by atoms with Gasteiger partial charge in [0, 0.05) is 22.9 Å². The standard InChI is InChI=1S/C38H44N2O8/c1-43-29-19-25-31(37(47-5)35(29)45-3)39(21-13-9-7-10-14-21)27-18-24-28(17-23(27)33(25)41)40(22-15-11-8-12-16-22)32-26(34(24)42)20-30(44-2)36(46-4)38(32)48-6/h17-22H,7-16H2,1-6H3. The topological polar surface area (TPSA) is 99.4 Å². The van der Waals surface area contributed by atoms with Crippen LogP contribution in [0.5, 0.6) is 34.5 Å². The number of ether oxygens (including phenoxy) is 6. The summed E-state index contributed by atoms with van der Waals surface area (Å²) in [5, 5.41) is 2.05. The molecule has 0 amide bonds. The average molecular weight is 657 g/mol. The van der Waals surface area contributed by atoms with Crippen LogP contribution in [0.15, 0.2) is 33.9 Å². The van der Waals surface area contributed by atoms with Crippen molar-refractivity contribution in [3.05, 3.63) is 44.7 Å². The molecule has 48 heavy (non-hydrogen) atoms. The third-order valence-corrected chi connectivity index (χ3v) is 10.6. The number of methoxy groups -OCH3 is 6. The number of pyridine rings is 2. The van der Waals surface area contributed by atoms with Gasteiger partial charge in [-0.05, 0) is 49.9 Å². The number of aromatic nitrogens is 2. The van der Waals surface area contributed by atoms with E-state index >= 15 is 0 Å². The summed E-state index contributed by atoms with van der Waals surface area (Å²) in [7, 11) is 9.42. The molecule has 2 heterocycles. The molecule has 7 rings (SSSR count). The Balaban J connectivity index is 1.73. The number of benzene rings is 3. The molecule has 0 spiro atoms. The highest BCUT2D eigenvalue weighted by Gasteiger charge is 2.30. The Morgan fingerprint density at radius 3 is 1.12 bits per heavy atom. The first kappa shape index (κ1) is 32.0. The highest BCUT2D eigenvalue weighted by molar-refractivity contribution is 6.07. The lowest BCUT2D eigenvalue weighted by Crippen LogP contribution is -2.22. The Kier molecular flexibility index (Phi) is 8.51. The zero-order valence-corrected chi connectivity index (χ0v) is 28.7. The number of hydrogen-bond donors (Lipinski definition) is 0. The zero-order valence-electron chi connectivity index (χ0n) is 28.7. The lowest BCUT2D eigenvalue weighted by Gasteiger charge is -2.31. The van der Waals surface area contributed by atoms with Gasteiger partial charge in [-0.15, -0.1) is 0 Å². The SMILES string of the molecule is COc1cc2c(=O)c3cc4c(cc3n(C3CCCCC3)c2c(OC)c1OC)c(=O)c1cc(OC)c(OC)c(OC)c1n4C1CCCCC1. The molecule has 0 saturated heterocycles. The fourth-order valence-electron chi connectivity index (χ4n) is 8.41. The Labute approximate surface area is 279 Å². The van der Waals surface area contributed by atoms with Crippen molar-refractivity contribution in [2.45, 2.75) is 76.3 Å². The molecule has 0 aliphatic heterocycles. The molecule has 2 saturated carbocycles. The highest BCUT2D eigenvalue weighted by atomic mass is 16.5. The summed E-state index contributed by atoms with van der Waals surface area (Å²) < 4.78 is 39.4. The van der Waals surface area contributed by atoms with E-state index in [9.17, 15) is 9.59 Å². The second-order valence-corrected chi connectivity index (χ2v) is 13.0. The minimum atomic E-state index is -0.157. The molecule has 2 aliphatic carbocycles. The van der Waals surface area contributed by atoms with Crippen molar-refractivity contribution in [2.75, 3.05) is 42.7 Å². The molecule has 2 fully saturated rings. The smallest absolute Gasteiger partial charge is 0.205 e. The first-order valence-electron chi connectivity index (χ1n) is 16.9. The van der Waals surface area contributed by atoms with Crippen LogP contribution >= 0.6 is 0 Å². The van der Waals surface area contributed by atoms with E-state index in [1.807, 2.05) is 12.1 Å². The van der Waals surface area contributed by atoms with Gasteiger partial charge >= 0.3 is 0 Å². The molecule has 5 aromatic rings. The van der Waals surface area contributed by atoms with E-state index in [1.165, 1.54) is 0 Å². The van der Waals surface area contributed by atoms with E-state index in [1.54, 1.807) is 54.8 Å². The van der Waals surface area contributed by atoms with Crippen molar-refractivity contribution < 1.29 is 28.4 Å². The van der Waals surface area contributed by atoms with E-state index in [0.717, 1.165) is 64.2 Å². The minimum Gasteiger partial charge on any atom is -0.493 e. The summed E-state index contributed by atoms with van der Waals surface area (Å²) in [6.07, 6.45) is 10.4. The summed E-state index contributed by atoms with van der Waals surface area (Å²) in [5.74, 6) is 2.58. The molecule has 0 bridgehead atoms. The zero-order chi connectivity index (χ0) is 33.7. The quantitative estimate of drug-likeness (QED) is 0.157. The summed E-state index contributed by atoms with van der Waals surface area (Å²) >= 11 is 0. The monoisotopic (exact) mass is 656 g/mol. The van der Waals surface area contributed by atoms with Crippen molar-refractivity contribution in [3.63, 3.8) is 0 Å². The first-order valence-corrected chi connectivity index (χ1v) is 16.9. The van der Waals surface area contributed by atoms with Gasteiger partial charge in [-0.1, -0.05) is 38.5 Å². The van der Waals surface area contributed by atoms with Crippen molar-refractivity contribution in [3.8, 4) is 34.5 Å². The first-order chi connectivity index (χ1) is 23.4. The molecule has 2 aromatic heterocycles. The van der Waals surface area contributed by atoms with Gasteiger partial charge in [-0.25, -0.2) is 0 Å². The van der Waals surface area contributed by atoms with Gasteiger partial charge in [-0.2, -0.15) is 0 Å². The number of fused-ring (bicyclic) bond motifs is 4. The molecule has 0 atom stereocenters. The molecule has 254 valence electrons. The molecule has 0 N–H and O–H groups in total. The number of hydrogen-bond acceptors (Lipinski definition) is 8. The molecular weight excluding hydrogens is 612 g/mol. The Morgan fingerprint density at radius 1 is 0.458 bits per heavy atom. The van der Waals surface area contributed by atoms with Crippen molar-refractivity contribution in [1.29, 1.82) is 0 Å². The predicted octanol–water partition coefficient (Wildman–Crippen LogP) is 7.68. The van der Waals surface area contributed by atoms with Gasteiger partial charge in [0.25, 0.3) is 0 Å². The second kappa shape index (κ2) is 12.8. The van der Waals surface area contributed by atoms with Crippen molar-refractivity contribution in [2.24, 2.45) is 0 Å². The fraction of sp³-hybridized carbons (Fsp3) is 0.474. The van der Waals surface area contributed by atoms with Crippen LogP contribution in [0.4, 0.5) is 0 Å². The van der Waals surface area contributed by atoms with Gasteiger partial charge in [0.1, 0.15) is 0 Å². The summed E-state index contributed by atoms with van der Waals surface area (Å²) in [4.78, 5) is 29.5. The van der Waals surface area contributed by atoms with E-state index < -0.39 is 0 Å². The van der Waals surface area contributed by atoms with Crippen molar-refractivity contribution in [1.82, 2.24) is 9.13 Å². The minimum absolute atomic E-state index is 0.0966. The second-order valence-electron chi connectivity index (χ2n) is 13.0. The third kappa shape index (κ3) is 4.74. The molecule has 10 nitrogen and oxygen atoms in total. The van der Waals surface area contributed by atoms with Crippen LogP contribution in [-0.2, 0) is 0 Å². The van der Waals surface area contributed by atoms with E-state index in [2.05, 4.69) is 9.13 Å². The van der Waals surface area contributed by atoms with Gasteiger partial charge in [0.15, 0.2) is 33.9 Å². The largest absolute Gasteiger partial charge is 0.493 e. The fourth-order valence-corrected chi connectivity index (χ4v) is 8.41. The average Bonchev–Trinajstić information content (AvgIpc) is 3.14. The number of rotatable bonds is 8. The van der Waals surface area contributed by atoms with Crippen LogP contribution in [0.25, 0.3) is 43.6 Å². The van der Waals surface area contributed by atoms with E-state index in [0.29, 0.717) is 78.1 Å². The summed E-state index contributed by atoms with van der Waals surface area (Å²) in [5.41, 5.74) is 2.40. The van der Waals surface area contributed by atoms with Crippen LogP contribution in [0.1, 0.15) is 76.3 Å². The predicted molar refractivity (Wildman–Crippen MR) is 189 cm³/mol. The maximum Gasteiger partial charge on any atom is 0.205 e. The summed E-state index contributed by atoms with van der Waals surface area (Å²) in [6.45, 7) is 0. The maximum absolute atomic E-state index is 14.7.